The van der Waals surface area contributed by atoms with E-state index in [1.165, 1.54) is 0 Å². The van der Waals surface area contributed by atoms with Crippen molar-refractivity contribution in [1.82, 2.24) is 19.8 Å². The molecule has 11 heteroatoms. The van der Waals surface area contributed by atoms with Gasteiger partial charge in [0.1, 0.15) is 18.0 Å². The maximum absolute atomic E-state index is 12.1. The molecular formula is C18H18N6O5. The van der Waals surface area contributed by atoms with Crippen LogP contribution >= 0.6 is 0 Å². The van der Waals surface area contributed by atoms with Crippen LogP contribution in [0.3, 0.4) is 0 Å². The Hall–Kier alpha value is -4.15. The average molecular weight is 398 g/mol. The molecule has 0 unspecified atom stereocenters. The van der Waals surface area contributed by atoms with Crippen LogP contribution in [0.1, 0.15) is 0 Å². The second-order valence-corrected chi connectivity index (χ2v) is 5.86. The summed E-state index contributed by atoms with van der Waals surface area (Å²) >= 11 is 0. The summed E-state index contributed by atoms with van der Waals surface area (Å²) < 4.78 is 12.4. The van der Waals surface area contributed by atoms with Crippen molar-refractivity contribution >= 4 is 17.5 Å². The van der Waals surface area contributed by atoms with Crippen molar-refractivity contribution in [3.63, 3.8) is 0 Å². The summed E-state index contributed by atoms with van der Waals surface area (Å²) in [5, 5.41) is 9.97. The van der Waals surface area contributed by atoms with Crippen LogP contribution in [0.5, 0.6) is 11.5 Å². The third kappa shape index (κ3) is 4.97. The van der Waals surface area contributed by atoms with E-state index in [0.717, 1.165) is 9.36 Å². The number of methoxy groups -OCH3 is 1. The number of aromatic nitrogens is 4. The Balaban J connectivity index is 1.60. The molecule has 3 aromatic rings. The van der Waals surface area contributed by atoms with Crippen molar-refractivity contribution in [3.05, 3.63) is 59.0 Å². The molecule has 0 aliphatic heterocycles. The first-order chi connectivity index (χ1) is 14.0. The largest absolute Gasteiger partial charge is 0.497 e. The lowest BCUT2D eigenvalue weighted by molar-refractivity contribution is -0.119. The Bertz CT molecular complexity index is 1070. The van der Waals surface area contributed by atoms with Crippen LogP contribution < -0.4 is 26.2 Å². The van der Waals surface area contributed by atoms with Gasteiger partial charge >= 0.3 is 5.69 Å². The number of ether oxygens (including phenoxy) is 2. The minimum absolute atomic E-state index is 0.185. The van der Waals surface area contributed by atoms with E-state index >= 15 is 0 Å². The number of primary amides is 1. The molecule has 0 bridgehead atoms. The zero-order valence-corrected chi connectivity index (χ0v) is 15.4. The molecule has 150 valence electrons. The first-order valence-electron chi connectivity index (χ1n) is 8.44. The normalized spacial score (nSPS) is 10.4. The highest BCUT2D eigenvalue weighted by Crippen LogP contribution is 2.19. The van der Waals surface area contributed by atoms with Crippen molar-refractivity contribution in [2.24, 2.45) is 5.73 Å². The maximum Gasteiger partial charge on any atom is 0.368 e. The fourth-order valence-electron chi connectivity index (χ4n) is 2.41. The summed E-state index contributed by atoms with van der Waals surface area (Å²) in [6, 6.07) is 13.3. The predicted octanol–water partition coefficient (Wildman–Crippen LogP) is -0.0596. The number of tetrazole rings is 1. The van der Waals surface area contributed by atoms with E-state index in [1.54, 1.807) is 55.6 Å². The second-order valence-electron chi connectivity index (χ2n) is 5.86. The van der Waals surface area contributed by atoms with E-state index in [2.05, 4.69) is 15.7 Å². The molecular weight excluding hydrogens is 380 g/mol. The predicted molar refractivity (Wildman–Crippen MR) is 102 cm³/mol. The molecule has 0 spiro atoms. The number of anilines is 1. The van der Waals surface area contributed by atoms with Gasteiger partial charge in [0.15, 0.2) is 6.61 Å². The molecule has 0 saturated carbocycles. The van der Waals surface area contributed by atoms with Crippen LogP contribution in [0.4, 0.5) is 5.69 Å². The summed E-state index contributed by atoms with van der Waals surface area (Å²) in [5.74, 6) is 0.0771. The van der Waals surface area contributed by atoms with Gasteiger partial charge in [0.05, 0.1) is 12.8 Å². The van der Waals surface area contributed by atoms with Crippen LogP contribution in [-0.4, -0.2) is 45.3 Å². The number of hydrogen-bond acceptors (Lipinski definition) is 7. The lowest BCUT2D eigenvalue weighted by Gasteiger charge is -2.09. The molecule has 0 aliphatic rings. The van der Waals surface area contributed by atoms with E-state index in [4.69, 9.17) is 15.2 Å². The summed E-state index contributed by atoms with van der Waals surface area (Å²) in [6.07, 6.45) is 0. The minimum atomic E-state index is -0.701. The molecule has 3 N–H and O–H groups in total. The smallest absolute Gasteiger partial charge is 0.368 e. The van der Waals surface area contributed by atoms with E-state index in [0.29, 0.717) is 22.9 Å². The third-order valence-corrected chi connectivity index (χ3v) is 3.75. The SMILES string of the molecule is COc1cccc(OCC(=O)Nc2ccc(-n3nnn(CC(N)=O)c3=O)cc2)c1. The van der Waals surface area contributed by atoms with Crippen LogP contribution in [0.25, 0.3) is 5.69 Å². The Kier molecular flexibility index (Phi) is 5.88. The van der Waals surface area contributed by atoms with Crippen molar-refractivity contribution in [2.75, 3.05) is 19.0 Å². The molecule has 0 saturated heterocycles. The van der Waals surface area contributed by atoms with E-state index < -0.39 is 11.6 Å². The first-order valence-corrected chi connectivity index (χ1v) is 8.44. The van der Waals surface area contributed by atoms with Crippen molar-refractivity contribution in [1.29, 1.82) is 0 Å². The molecule has 0 atom stereocenters. The lowest BCUT2D eigenvalue weighted by atomic mass is 10.3. The van der Waals surface area contributed by atoms with Gasteiger partial charge in [-0.2, -0.15) is 9.36 Å². The summed E-state index contributed by atoms with van der Waals surface area (Å²) in [5.41, 5.74) is 5.37. The number of nitrogens with one attached hydrogen (secondary N) is 1. The number of hydrogen-bond donors (Lipinski definition) is 2. The van der Waals surface area contributed by atoms with Gasteiger partial charge in [-0.1, -0.05) is 6.07 Å². The van der Waals surface area contributed by atoms with Gasteiger partial charge in [-0.05, 0) is 46.8 Å². The van der Waals surface area contributed by atoms with Crippen molar-refractivity contribution in [3.8, 4) is 17.2 Å². The molecule has 0 fully saturated rings. The van der Waals surface area contributed by atoms with Gasteiger partial charge in [0.25, 0.3) is 5.91 Å². The number of amides is 2. The summed E-state index contributed by atoms with van der Waals surface area (Å²) in [4.78, 5) is 35.1. The standard InChI is InChI=1S/C18H18N6O5/c1-28-14-3-2-4-15(9-14)29-11-17(26)20-12-5-7-13(8-6-12)24-18(27)23(21-22-24)10-16(19)25/h2-9H,10-11H2,1H3,(H2,19,25)(H,20,26). The number of carbonyl (C=O) groups is 2. The molecule has 2 aromatic carbocycles. The molecule has 1 heterocycles. The molecule has 0 aliphatic carbocycles. The van der Waals surface area contributed by atoms with Gasteiger partial charge in [-0.15, -0.1) is 0 Å². The average Bonchev–Trinajstić information content (AvgIpc) is 3.07. The molecule has 2 amide bonds. The van der Waals surface area contributed by atoms with E-state index in [1.807, 2.05) is 0 Å². The summed E-state index contributed by atoms with van der Waals surface area (Å²) in [6.45, 7) is -0.546. The number of nitrogens with two attached hydrogens (primary N) is 1. The highest BCUT2D eigenvalue weighted by atomic mass is 16.5. The highest BCUT2D eigenvalue weighted by Gasteiger charge is 2.11. The topological polar surface area (TPSA) is 143 Å². The van der Waals surface area contributed by atoms with Gasteiger partial charge in [-0.25, -0.2) is 4.79 Å². The zero-order chi connectivity index (χ0) is 20.8. The van der Waals surface area contributed by atoms with Crippen LogP contribution in [0, 0.1) is 0 Å². The Morgan fingerprint density at radius 2 is 1.83 bits per heavy atom. The number of benzene rings is 2. The number of carbonyl (C=O) groups excluding carboxylic acids is 2. The first kappa shape index (κ1) is 19.6. The number of nitrogens with zero attached hydrogens (tertiary/aromatic N) is 4. The number of rotatable bonds is 8. The maximum atomic E-state index is 12.1. The lowest BCUT2D eigenvalue weighted by Crippen LogP contribution is -2.30. The van der Waals surface area contributed by atoms with E-state index in [9.17, 15) is 14.4 Å². The monoisotopic (exact) mass is 398 g/mol. The quantitative estimate of drug-likeness (QED) is 0.541. The van der Waals surface area contributed by atoms with Crippen molar-refractivity contribution in [2.45, 2.75) is 6.54 Å². The molecule has 3 rings (SSSR count). The zero-order valence-electron chi connectivity index (χ0n) is 15.4. The third-order valence-electron chi connectivity index (χ3n) is 3.75. The molecule has 29 heavy (non-hydrogen) atoms. The molecule has 1 aromatic heterocycles. The summed E-state index contributed by atoms with van der Waals surface area (Å²) in [7, 11) is 1.54. The molecule has 11 nitrogen and oxygen atoms in total. The molecule has 0 radical (unpaired) electrons. The van der Waals surface area contributed by atoms with Crippen molar-refractivity contribution < 1.29 is 19.1 Å². The van der Waals surface area contributed by atoms with Crippen LogP contribution in [0.2, 0.25) is 0 Å². The van der Waals surface area contributed by atoms with Gasteiger partial charge in [0, 0.05) is 11.8 Å². The fourth-order valence-corrected chi connectivity index (χ4v) is 2.41. The Morgan fingerprint density at radius 1 is 1.10 bits per heavy atom. The van der Waals surface area contributed by atoms with Gasteiger partial charge < -0.3 is 20.5 Å². The van der Waals surface area contributed by atoms with Crippen LogP contribution in [0.15, 0.2) is 53.3 Å². The van der Waals surface area contributed by atoms with Gasteiger partial charge in [-0.3, -0.25) is 9.59 Å². The highest BCUT2D eigenvalue weighted by molar-refractivity contribution is 5.91. The Morgan fingerprint density at radius 3 is 2.52 bits per heavy atom. The van der Waals surface area contributed by atoms with Gasteiger partial charge in [0.2, 0.25) is 5.91 Å². The Labute approximate surface area is 164 Å². The van der Waals surface area contributed by atoms with E-state index in [-0.39, 0.29) is 19.1 Å². The minimum Gasteiger partial charge on any atom is -0.497 e. The van der Waals surface area contributed by atoms with Crippen LogP contribution in [-0.2, 0) is 16.1 Å². The second kappa shape index (κ2) is 8.69. The fraction of sp³-hybridized carbons (Fsp3) is 0.167.